The number of anilines is 1. The number of amides is 3. The molecule has 3 amide bonds. The van der Waals surface area contributed by atoms with Crippen molar-refractivity contribution in [1.29, 1.82) is 0 Å². The van der Waals surface area contributed by atoms with Crippen LogP contribution in [0.4, 0.5) is 5.69 Å². The summed E-state index contributed by atoms with van der Waals surface area (Å²) in [5.74, 6) is -1.09. The van der Waals surface area contributed by atoms with Crippen LogP contribution in [-0.4, -0.2) is 30.9 Å². The fraction of sp³-hybridized carbons (Fsp3) is 0.250. The van der Waals surface area contributed by atoms with Gasteiger partial charge >= 0.3 is 0 Å². The lowest BCUT2D eigenvalue weighted by Gasteiger charge is -2.17. The Morgan fingerprint density at radius 1 is 1.18 bits per heavy atom. The quantitative estimate of drug-likeness (QED) is 0.752. The van der Waals surface area contributed by atoms with E-state index in [1.54, 1.807) is 36.4 Å². The third-order valence-corrected chi connectivity index (χ3v) is 4.54. The number of nitrogens with zero attached hydrogens (tertiary/aromatic N) is 1. The number of halogens is 1. The number of rotatable bonds is 5. The summed E-state index contributed by atoms with van der Waals surface area (Å²) in [6, 6.07) is 14.2. The Balaban J connectivity index is 1.47. The van der Waals surface area contributed by atoms with Gasteiger partial charge in [-0.05, 0) is 42.8 Å². The second-order valence-electron chi connectivity index (χ2n) is 6.53. The van der Waals surface area contributed by atoms with E-state index in [9.17, 15) is 14.4 Å². The van der Waals surface area contributed by atoms with E-state index >= 15 is 0 Å². The van der Waals surface area contributed by atoms with Gasteiger partial charge in [-0.2, -0.15) is 0 Å². The number of carbonyl (C=O) groups is 3. The minimum absolute atomic E-state index is 0.0635. The Morgan fingerprint density at radius 3 is 2.71 bits per heavy atom. The largest absolute Gasteiger partial charge is 0.484 e. The highest BCUT2D eigenvalue weighted by Gasteiger charge is 2.35. The number of carbonyl (C=O) groups excluding carboxylic acids is 3. The smallest absolute Gasteiger partial charge is 0.276 e. The van der Waals surface area contributed by atoms with Crippen molar-refractivity contribution in [2.24, 2.45) is 5.92 Å². The molecule has 1 fully saturated rings. The van der Waals surface area contributed by atoms with Crippen LogP contribution in [0.5, 0.6) is 5.75 Å². The number of ether oxygens (including phenoxy) is 1. The summed E-state index contributed by atoms with van der Waals surface area (Å²) < 4.78 is 5.37. The summed E-state index contributed by atoms with van der Waals surface area (Å²) in [6.07, 6.45) is 0.0635. The van der Waals surface area contributed by atoms with Crippen molar-refractivity contribution in [3.05, 3.63) is 59.1 Å². The lowest BCUT2D eigenvalue weighted by atomic mass is 10.1. The summed E-state index contributed by atoms with van der Waals surface area (Å²) >= 11 is 5.96. The average molecular weight is 402 g/mol. The lowest BCUT2D eigenvalue weighted by molar-refractivity contribution is -0.132. The maximum absolute atomic E-state index is 12.3. The highest BCUT2D eigenvalue weighted by molar-refractivity contribution is 6.31. The Kier molecular flexibility index (Phi) is 6.16. The molecule has 2 aromatic carbocycles. The van der Waals surface area contributed by atoms with Crippen LogP contribution in [0, 0.1) is 12.8 Å². The number of nitrogens with one attached hydrogen (secondary N) is 2. The average Bonchev–Trinajstić information content (AvgIpc) is 3.06. The van der Waals surface area contributed by atoms with Crippen molar-refractivity contribution in [2.75, 3.05) is 18.1 Å². The molecule has 0 saturated carbocycles. The fourth-order valence-electron chi connectivity index (χ4n) is 2.90. The van der Waals surface area contributed by atoms with Gasteiger partial charge in [-0.1, -0.05) is 29.8 Å². The van der Waals surface area contributed by atoms with Gasteiger partial charge in [0.1, 0.15) is 5.75 Å². The molecule has 8 heteroatoms. The maximum Gasteiger partial charge on any atom is 0.276 e. The molecule has 0 aromatic heterocycles. The zero-order chi connectivity index (χ0) is 20.1. The van der Waals surface area contributed by atoms with Gasteiger partial charge in [0.25, 0.3) is 5.91 Å². The van der Waals surface area contributed by atoms with Gasteiger partial charge in [0.2, 0.25) is 11.8 Å². The molecule has 0 radical (unpaired) electrons. The molecule has 7 nitrogen and oxygen atoms in total. The normalized spacial score (nSPS) is 16.0. The van der Waals surface area contributed by atoms with Crippen LogP contribution in [0.3, 0.4) is 0 Å². The van der Waals surface area contributed by atoms with Gasteiger partial charge in [-0.15, -0.1) is 0 Å². The summed E-state index contributed by atoms with van der Waals surface area (Å²) in [5.41, 5.74) is 6.32. The van der Waals surface area contributed by atoms with Crippen LogP contribution < -0.4 is 20.5 Å². The molecule has 3 rings (SSSR count). The first-order chi connectivity index (χ1) is 13.4. The molecule has 28 heavy (non-hydrogen) atoms. The van der Waals surface area contributed by atoms with Crippen molar-refractivity contribution in [3.8, 4) is 5.75 Å². The minimum atomic E-state index is -0.565. The zero-order valence-corrected chi connectivity index (χ0v) is 16.0. The number of benzene rings is 2. The van der Waals surface area contributed by atoms with Crippen LogP contribution >= 0.6 is 11.6 Å². The molecule has 2 aromatic rings. The van der Waals surface area contributed by atoms with Crippen molar-refractivity contribution < 1.29 is 19.1 Å². The van der Waals surface area contributed by atoms with E-state index in [4.69, 9.17) is 16.3 Å². The standard InChI is InChI=1S/C20H20ClN3O4/c1-13-4-2-7-17(8-13)28-12-18(25)22-23-20(27)14-9-19(26)24(11-14)16-6-3-5-15(21)10-16/h2-8,10,14H,9,11-12H2,1H3,(H,22,25)(H,23,27). The monoisotopic (exact) mass is 401 g/mol. The molecule has 1 aliphatic heterocycles. The molecule has 0 spiro atoms. The first-order valence-corrected chi connectivity index (χ1v) is 9.14. The molecule has 0 bridgehead atoms. The zero-order valence-electron chi connectivity index (χ0n) is 15.3. The predicted octanol–water partition coefficient (Wildman–Crippen LogP) is 2.23. The fourth-order valence-corrected chi connectivity index (χ4v) is 3.08. The topological polar surface area (TPSA) is 87.7 Å². The highest BCUT2D eigenvalue weighted by atomic mass is 35.5. The van der Waals surface area contributed by atoms with Crippen molar-refractivity contribution in [1.82, 2.24) is 10.9 Å². The van der Waals surface area contributed by atoms with E-state index < -0.39 is 17.7 Å². The van der Waals surface area contributed by atoms with E-state index in [0.717, 1.165) is 5.56 Å². The number of hydrogen-bond acceptors (Lipinski definition) is 4. The van der Waals surface area contributed by atoms with Crippen molar-refractivity contribution >= 4 is 35.0 Å². The molecule has 0 aliphatic carbocycles. The van der Waals surface area contributed by atoms with Crippen LogP contribution in [0.1, 0.15) is 12.0 Å². The minimum Gasteiger partial charge on any atom is -0.484 e. The summed E-state index contributed by atoms with van der Waals surface area (Å²) in [4.78, 5) is 37.9. The molecule has 1 atom stereocenters. The molecule has 1 unspecified atom stereocenters. The van der Waals surface area contributed by atoms with E-state index in [-0.39, 0.29) is 25.5 Å². The second kappa shape index (κ2) is 8.75. The number of aryl methyl sites for hydroxylation is 1. The molecule has 146 valence electrons. The van der Waals surface area contributed by atoms with Gasteiger partial charge < -0.3 is 9.64 Å². The third-order valence-electron chi connectivity index (χ3n) is 4.30. The Morgan fingerprint density at radius 2 is 1.96 bits per heavy atom. The summed E-state index contributed by atoms with van der Waals surface area (Å²) in [7, 11) is 0. The van der Waals surface area contributed by atoms with Gasteiger partial charge in [0.05, 0.1) is 5.92 Å². The van der Waals surface area contributed by atoms with Gasteiger partial charge in [0.15, 0.2) is 6.61 Å². The van der Waals surface area contributed by atoms with E-state index in [1.165, 1.54) is 4.90 Å². The predicted molar refractivity (Wildman–Crippen MR) is 105 cm³/mol. The highest BCUT2D eigenvalue weighted by Crippen LogP contribution is 2.27. The number of hydrazine groups is 1. The number of hydrogen-bond donors (Lipinski definition) is 2. The van der Waals surface area contributed by atoms with Gasteiger partial charge in [0, 0.05) is 23.7 Å². The second-order valence-corrected chi connectivity index (χ2v) is 6.96. The Bertz CT molecular complexity index is 903. The maximum atomic E-state index is 12.3. The summed E-state index contributed by atoms with van der Waals surface area (Å²) in [5, 5.41) is 0.513. The third kappa shape index (κ3) is 5.01. The van der Waals surface area contributed by atoms with Crippen LogP contribution in [0.15, 0.2) is 48.5 Å². The van der Waals surface area contributed by atoms with Crippen molar-refractivity contribution in [2.45, 2.75) is 13.3 Å². The molecular weight excluding hydrogens is 382 g/mol. The first-order valence-electron chi connectivity index (χ1n) is 8.76. The lowest BCUT2D eigenvalue weighted by Crippen LogP contribution is -2.46. The van der Waals surface area contributed by atoms with Crippen LogP contribution in [0.2, 0.25) is 5.02 Å². The van der Waals surface area contributed by atoms with Crippen LogP contribution in [-0.2, 0) is 14.4 Å². The molecule has 1 heterocycles. The summed E-state index contributed by atoms with van der Waals surface area (Å²) in [6.45, 7) is 1.91. The van der Waals surface area contributed by atoms with E-state index in [0.29, 0.717) is 16.5 Å². The molecule has 1 aliphatic rings. The van der Waals surface area contributed by atoms with Gasteiger partial charge in [-0.25, -0.2) is 0 Å². The first kappa shape index (κ1) is 19.7. The molecule has 2 N–H and O–H groups in total. The molecule has 1 saturated heterocycles. The SMILES string of the molecule is Cc1cccc(OCC(=O)NNC(=O)C2CC(=O)N(c3cccc(Cl)c3)C2)c1. The van der Waals surface area contributed by atoms with Crippen LogP contribution in [0.25, 0.3) is 0 Å². The Labute approximate surface area is 167 Å². The Hall–Kier alpha value is -3.06. The molecular formula is C20H20ClN3O4. The van der Waals surface area contributed by atoms with E-state index in [2.05, 4.69) is 10.9 Å². The van der Waals surface area contributed by atoms with Gasteiger partial charge in [-0.3, -0.25) is 25.2 Å². The van der Waals surface area contributed by atoms with E-state index in [1.807, 2.05) is 19.1 Å². The van der Waals surface area contributed by atoms with Crippen molar-refractivity contribution in [3.63, 3.8) is 0 Å².